The number of aliphatic hydroxyl groups is 1. The molecule has 0 aliphatic heterocycles. The summed E-state index contributed by atoms with van der Waals surface area (Å²) in [5, 5.41) is 19.7. The Morgan fingerprint density at radius 2 is 1.00 bits per heavy atom. The van der Waals surface area contributed by atoms with Gasteiger partial charge in [-0.3, -0.25) is 9.59 Å². The van der Waals surface area contributed by atoms with E-state index in [1.165, 1.54) is 6.42 Å². The average molecular weight is 600 g/mol. The molecule has 0 unspecified atom stereocenters. The van der Waals surface area contributed by atoms with Crippen LogP contribution in [0.3, 0.4) is 0 Å². The van der Waals surface area contributed by atoms with E-state index in [1.54, 1.807) is 0 Å². The zero-order valence-corrected chi connectivity index (χ0v) is 19.0. The number of nitrogens with one attached hydrogen (secondary N) is 1. The molecule has 0 radical (unpaired) electrons. The second-order valence-corrected chi connectivity index (χ2v) is 6.55. The molecule has 0 atom stereocenters. The molecule has 0 fully saturated rings. The van der Waals surface area contributed by atoms with E-state index in [0.29, 0.717) is 13.0 Å². The van der Waals surface area contributed by atoms with Crippen molar-refractivity contribution in [2.75, 3.05) is 67.1 Å². The zero-order chi connectivity index (χ0) is 22.2. The molecule has 0 rings (SSSR count). The quantitative estimate of drug-likeness (QED) is 0.170. The lowest BCUT2D eigenvalue weighted by Crippen LogP contribution is -2.23. The Kier molecular flexibility index (Phi) is 204. The minimum Gasteiger partial charge on any atom is -0.481 e. The number of ether oxygens (including phenoxy) is 1. The molecular weight excluding hydrogens is 506 g/mol. The molecule has 0 saturated carbocycles. The Bertz CT molecular complexity index is 347. The number of nitrogens with zero attached hydrogens (tertiary/aromatic N) is 2. The molecule has 0 aliphatic carbocycles. The van der Waals surface area contributed by atoms with Gasteiger partial charge in [-0.1, -0.05) is 110 Å². The van der Waals surface area contributed by atoms with Crippen molar-refractivity contribution < 1.29 is 24.5 Å². The summed E-state index contributed by atoms with van der Waals surface area (Å²) in [4.78, 5) is 25.1. The van der Waals surface area contributed by atoms with Crippen molar-refractivity contribution in [3.05, 3.63) is 0 Å². The first-order chi connectivity index (χ1) is 13.3. The molecule has 0 spiro atoms. The predicted molar refractivity (Wildman–Crippen MR) is 195 cm³/mol. The maximum Gasteiger partial charge on any atom is 0.307 e. The van der Waals surface area contributed by atoms with Crippen LogP contribution in [0.15, 0.2) is 0 Å². The zero-order valence-electron chi connectivity index (χ0n) is 19.0. The largest absolute Gasteiger partial charge is 0.481 e. The summed E-state index contributed by atoms with van der Waals surface area (Å²) in [6, 6.07) is 0. The minimum atomic E-state index is -0.719. The van der Waals surface area contributed by atoms with Crippen LogP contribution in [0.2, 0.25) is 0 Å². The van der Waals surface area contributed by atoms with Crippen molar-refractivity contribution in [3.63, 3.8) is 0 Å². The molecule has 0 aromatic carbocycles. The van der Waals surface area contributed by atoms with Crippen molar-refractivity contribution in [2.24, 2.45) is 0 Å². The van der Waals surface area contributed by atoms with Gasteiger partial charge in [0.25, 0.3) is 0 Å². The van der Waals surface area contributed by atoms with E-state index in [2.05, 4.69) is 31.0 Å². The van der Waals surface area contributed by atoms with Gasteiger partial charge in [0.1, 0.15) is 6.61 Å². The Hall–Kier alpha value is -1.22. The van der Waals surface area contributed by atoms with E-state index in [-0.39, 0.29) is 115 Å². The number of aliphatic hydroxyl groups excluding tert-OH is 1. The van der Waals surface area contributed by atoms with Crippen LogP contribution in [0.1, 0.15) is 142 Å². The number of carbonyl (C=O) groups excluding carboxylic acids is 1. The summed E-state index contributed by atoms with van der Waals surface area (Å²) in [5.41, 5.74) is 0. The molecule has 266 valence electrons. The first-order valence-electron chi connectivity index (χ1n) is 10.3. The van der Waals surface area contributed by atoms with Crippen LogP contribution < -0.4 is 5.32 Å². The second-order valence-electron chi connectivity index (χ2n) is 6.55. The highest BCUT2D eigenvalue weighted by Gasteiger charge is 2.04. The van der Waals surface area contributed by atoms with Gasteiger partial charge in [-0.15, -0.1) is 0 Å². The van der Waals surface area contributed by atoms with E-state index in [0.717, 1.165) is 39.0 Å². The summed E-state index contributed by atoms with van der Waals surface area (Å²) < 4.78 is 4.70. The first kappa shape index (κ1) is 97.9. The molecule has 0 aromatic heterocycles. The van der Waals surface area contributed by atoms with E-state index in [9.17, 15) is 9.59 Å². The standard InChI is InChI=1S/C9H19NO3.C7H15NO2.C4H11N.12CH4/c1-3-5-10(2)6-4-9(12)13-8-7-11;1-3-5-8(2)6-4-7(9)10;1-3-4-5-2;;;;;;;;;;;;/h11H,3-8H2,1-2H3;3-6H2,1-2H3,(H,9,10);5H,3-4H2,1-2H3;12*1H4. The number of carboxylic acid groups (broad SMARTS) is 1. The van der Waals surface area contributed by atoms with Gasteiger partial charge in [0.15, 0.2) is 0 Å². The number of rotatable bonds is 14. The van der Waals surface area contributed by atoms with Gasteiger partial charge >= 0.3 is 11.9 Å². The summed E-state index contributed by atoms with van der Waals surface area (Å²) >= 11 is 0. The van der Waals surface area contributed by atoms with E-state index < -0.39 is 5.97 Å². The highest BCUT2D eigenvalue weighted by Crippen LogP contribution is 1.92. The fourth-order valence-electron chi connectivity index (χ4n) is 2.04. The lowest BCUT2D eigenvalue weighted by atomic mass is 10.3. The highest BCUT2D eigenvalue weighted by molar-refractivity contribution is 5.69. The summed E-state index contributed by atoms with van der Waals surface area (Å²) in [6.07, 6.45) is 4.04. The van der Waals surface area contributed by atoms with Crippen LogP contribution in [0.4, 0.5) is 0 Å². The molecule has 0 aliphatic rings. The van der Waals surface area contributed by atoms with Crippen molar-refractivity contribution >= 4 is 11.9 Å². The third-order valence-electron chi connectivity index (χ3n) is 3.47. The number of carboxylic acids is 1. The predicted octanol–water partition coefficient (Wildman–Crippen LogP) is 9.31. The third-order valence-corrected chi connectivity index (χ3v) is 3.47. The average Bonchev–Trinajstić information content (AvgIpc) is 2.65. The van der Waals surface area contributed by atoms with E-state index >= 15 is 0 Å². The molecule has 0 aromatic rings. The summed E-state index contributed by atoms with van der Waals surface area (Å²) in [6.45, 7) is 10.8. The number of hydrogen-bond donors (Lipinski definition) is 3. The Labute approximate surface area is 260 Å². The van der Waals surface area contributed by atoms with Gasteiger partial charge in [-0.05, 0) is 60.0 Å². The van der Waals surface area contributed by atoms with Gasteiger partial charge in [-0.25, -0.2) is 0 Å². The van der Waals surface area contributed by atoms with Crippen LogP contribution in [-0.4, -0.2) is 99.0 Å². The van der Waals surface area contributed by atoms with Crippen LogP contribution in [0.25, 0.3) is 0 Å². The smallest absolute Gasteiger partial charge is 0.307 e. The fourth-order valence-corrected chi connectivity index (χ4v) is 2.04. The van der Waals surface area contributed by atoms with Gasteiger partial charge in [0.05, 0.1) is 19.4 Å². The first-order valence-corrected chi connectivity index (χ1v) is 10.3. The molecule has 40 heavy (non-hydrogen) atoms. The maximum absolute atomic E-state index is 11.0. The topological polar surface area (TPSA) is 102 Å². The molecular formula is C32H93N3O5. The van der Waals surface area contributed by atoms with E-state index in [1.807, 2.05) is 26.0 Å². The van der Waals surface area contributed by atoms with Crippen molar-refractivity contribution in [2.45, 2.75) is 142 Å². The lowest BCUT2D eigenvalue weighted by molar-refractivity contribution is -0.145. The third kappa shape index (κ3) is 109. The minimum absolute atomic E-state index is 0. The molecule has 0 amide bonds. The van der Waals surface area contributed by atoms with Gasteiger partial charge in [0, 0.05) is 13.1 Å². The Morgan fingerprint density at radius 3 is 1.23 bits per heavy atom. The lowest BCUT2D eigenvalue weighted by Gasteiger charge is -2.14. The molecule has 0 heterocycles. The van der Waals surface area contributed by atoms with Gasteiger partial charge < -0.3 is 30.1 Å². The monoisotopic (exact) mass is 600 g/mol. The van der Waals surface area contributed by atoms with Crippen LogP contribution in [0.5, 0.6) is 0 Å². The molecule has 8 heteroatoms. The number of aliphatic carboxylic acids is 1. The SMILES string of the molecule is C.C.C.C.C.C.C.C.C.C.C.C.CCCN(C)CCC(=O)O.CCCN(C)CCC(=O)OCCO.CCCNC. The highest BCUT2D eigenvalue weighted by atomic mass is 16.5. The van der Waals surface area contributed by atoms with Gasteiger partial charge in [0.2, 0.25) is 0 Å². The van der Waals surface area contributed by atoms with Crippen LogP contribution in [0, 0.1) is 0 Å². The number of hydrogen-bond acceptors (Lipinski definition) is 7. The number of esters is 1. The van der Waals surface area contributed by atoms with Crippen LogP contribution >= 0.6 is 0 Å². The molecule has 8 nitrogen and oxygen atoms in total. The fraction of sp³-hybridized carbons (Fsp3) is 0.938. The molecule has 3 N–H and O–H groups in total. The number of carbonyl (C=O) groups is 2. The summed E-state index contributed by atoms with van der Waals surface area (Å²) in [7, 11) is 5.87. The maximum atomic E-state index is 11.0. The van der Waals surface area contributed by atoms with Crippen LogP contribution in [-0.2, 0) is 14.3 Å². The van der Waals surface area contributed by atoms with Gasteiger partial charge in [-0.2, -0.15) is 0 Å². The second kappa shape index (κ2) is 83.2. The van der Waals surface area contributed by atoms with Crippen molar-refractivity contribution in [3.8, 4) is 0 Å². The molecule has 0 saturated heterocycles. The van der Waals surface area contributed by atoms with Crippen molar-refractivity contribution in [1.82, 2.24) is 15.1 Å². The summed E-state index contributed by atoms with van der Waals surface area (Å²) in [5.74, 6) is -0.958. The normalized spacial score (nSPS) is 7.03. The Balaban J connectivity index is -0.0000000165. The Morgan fingerprint density at radius 1 is 0.650 bits per heavy atom. The molecule has 0 bridgehead atoms. The van der Waals surface area contributed by atoms with Crippen molar-refractivity contribution in [1.29, 1.82) is 0 Å². The van der Waals surface area contributed by atoms with E-state index in [4.69, 9.17) is 14.9 Å².